The summed E-state index contributed by atoms with van der Waals surface area (Å²) < 4.78 is 17.5. The van der Waals surface area contributed by atoms with Crippen LogP contribution in [0.25, 0.3) is 0 Å². The molecule has 0 aromatic heterocycles. The predicted molar refractivity (Wildman–Crippen MR) is 79.6 cm³/mol. The van der Waals surface area contributed by atoms with E-state index < -0.39 is 5.92 Å². The first kappa shape index (κ1) is 18.1. The lowest BCUT2D eigenvalue weighted by Gasteiger charge is -2.25. The van der Waals surface area contributed by atoms with Gasteiger partial charge in [0.25, 0.3) is 0 Å². The summed E-state index contributed by atoms with van der Waals surface area (Å²) in [5, 5.41) is 8.94. The molecule has 0 spiro atoms. The van der Waals surface area contributed by atoms with E-state index in [1.807, 2.05) is 0 Å². The number of halogens is 1. The van der Waals surface area contributed by atoms with Gasteiger partial charge in [-0.2, -0.15) is 0 Å². The third kappa shape index (κ3) is 5.81. The van der Waals surface area contributed by atoms with Gasteiger partial charge in [0.05, 0.1) is 19.4 Å². The Morgan fingerprint density at radius 1 is 1.32 bits per heavy atom. The highest BCUT2D eigenvalue weighted by Gasteiger charge is 2.21. The lowest BCUT2D eigenvalue weighted by atomic mass is 10.1. The monoisotopic (exact) mass is 311 g/mol. The van der Waals surface area contributed by atoms with E-state index >= 15 is 0 Å². The largest absolute Gasteiger partial charge is 0.469 e. The summed E-state index contributed by atoms with van der Waals surface area (Å²) in [7, 11) is 1.30. The molecule has 0 aliphatic carbocycles. The number of aliphatic hydroxyl groups is 1. The Morgan fingerprint density at radius 2 is 1.95 bits per heavy atom. The Kier molecular flexibility index (Phi) is 7.52. The number of aliphatic hydroxyl groups excluding tert-OH is 1. The molecular weight excluding hydrogens is 289 g/mol. The van der Waals surface area contributed by atoms with Crippen molar-refractivity contribution in [2.75, 3.05) is 26.8 Å². The van der Waals surface area contributed by atoms with Crippen LogP contribution in [0.2, 0.25) is 0 Å². The molecule has 122 valence electrons. The van der Waals surface area contributed by atoms with Crippen molar-refractivity contribution in [1.82, 2.24) is 4.90 Å². The highest BCUT2D eigenvalue weighted by atomic mass is 19.1. The number of benzene rings is 1. The van der Waals surface area contributed by atoms with Gasteiger partial charge in [-0.3, -0.25) is 9.59 Å². The van der Waals surface area contributed by atoms with Crippen LogP contribution < -0.4 is 0 Å². The molecule has 0 aliphatic heterocycles. The third-order valence-corrected chi connectivity index (χ3v) is 3.31. The first-order chi connectivity index (χ1) is 10.5. The van der Waals surface area contributed by atoms with Crippen LogP contribution in [-0.2, 0) is 20.7 Å². The van der Waals surface area contributed by atoms with Crippen molar-refractivity contribution in [1.29, 1.82) is 0 Å². The predicted octanol–water partition coefficient (Wildman–Crippen LogP) is 1.39. The van der Waals surface area contributed by atoms with Gasteiger partial charge in [-0.1, -0.05) is 19.1 Å². The topological polar surface area (TPSA) is 66.8 Å². The molecule has 1 atom stereocenters. The molecule has 0 saturated heterocycles. The fourth-order valence-electron chi connectivity index (χ4n) is 2.07. The Hall–Kier alpha value is -1.95. The Balaban J connectivity index is 2.70. The van der Waals surface area contributed by atoms with Crippen LogP contribution in [0.1, 0.15) is 18.9 Å². The van der Waals surface area contributed by atoms with Gasteiger partial charge in [0.2, 0.25) is 5.91 Å². The molecule has 1 aromatic carbocycles. The fraction of sp³-hybridized carbons (Fsp3) is 0.500. The molecule has 22 heavy (non-hydrogen) atoms. The van der Waals surface area contributed by atoms with E-state index in [1.54, 1.807) is 19.1 Å². The second-order valence-corrected chi connectivity index (χ2v) is 5.14. The van der Waals surface area contributed by atoms with Crippen LogP contribution in [0.4, 0.5) is 4.39 Å². The number of ether oxygens (including phenoxy) is 1. The van der Waals surface area contributed by atoms with E-state index in [-0.39, 0.29) is 37.3 Å². The van der Waals surface area contributed by atoms with Crippen LogP contribution in [0.5, 0.6) is 0 Å². The molecular formula is C16H22FNO4. The minimum atomic E-state index is -0.444. The number of hydrogen-bond acceptors (Lipinski definition) is 4. The van der Waals surface area contributed by atoms with Crippen molar-refractivity contribution in [3.63, 3.8) is 0 Å². The van der Waals surface area contributed by atoms with Gasteiger partial charge >= 0.3 is 5.97 Å². The second kappa shape index (κ2) is 9.15. The van der Waals surface area contributed by atoms with E-state index in [9.17, 15) is 14.0 Å². The molecule has 1 rings (SSSR count). The van der Waals surface area contributed by atoms with E-state index in [1.165, 1.54) is 24.1 Å². The number of rotatable bonds is 8. The molecule has 6 heteroatoms. The second-order valence-electron chi connectivity index (χ2n) is 5.14. The van der Waals surface area contributed by atoms with Crippen LogP contribution in [0.15, 0.2) is 24.3 Å². The summed E-state index contributed by atoms with van der Waals surface area (Å²) in [6.45, 7) is 2.24. The number of hydrogen-bond donors (Lipinski definition) is 1. The molecule has 0 fully saturated rings. The third-order valence-electron chi connectivity index (χ3n) is 3.31. The number of nitrogens with zero attached hydrogens (tertiary/aromatic N) is 1. The quantitative estimate of drug-likeness (QED) is 0.737. The first-order valence-corrected chi connectivity index (χ1v) is 7.18. The number of carbonyl (C=O) groups is 2. The lowest BCUT2D eigenvalue weighted by molar-refractivity contribution is -0.146. The van der Waals surface area contributed by atoms with E-state index in [0.717, 1.165) is 0 Å². The fourth-order valence-corrected chi connectivity index (χ4v) is 2.07. The highest BCUT2D eigenvalue weighted by Crippen LogP contribution is 2.09. The molecule has 0 heterocycles. The summed E-state index contributed by atoms with van der Waals surface area (Å²) in [5.41, 5.74) is 0.700. The number of methoxy groups -OCH3 is 1. The van der Waals surface area contributed by atoms with Crippen molar-refractivity contribution in [3.05, 3.63) is 35.6 Å². The van der Waals surface area contributed by atoms with Crippen molar-refractivity contribution < 1.29 is 23.8 Å². The van der Waals surface area contributed by atoms with Gasteiger partial charge in [-0.05, 0) is 24.1 Å². The molecule has 0 bridgehead atoms. The van der Waals surface area contributed by atoms with Crippen LogP contribution >= 0.6 is 0 Å². The summed E-state index contributed by atoms with van der Waals surface area (Å²) in [6, 6.07) is 5.72. The zero-order chi connectivity index (χ0) is 16.5. The maximum atomic E-state index is 12.9. The van der Waals surface area contributed by atoms with E-state index in [0.29, 0.717) is 18.5 Å². The zero-order valence-corrected chi connectivity index (χ0v) is 12.9. The van der Waals surface area contributed by atoms with Crippen molar-refractivity contribution >= 4 is 11.9 Å². The summed E-state index contributed by atoms with van der Waals surface area (Å²) in [6.07, 6.45) is 0.558. The standard InChI is InChI=1S/C16H22FNO4/c1-12(16(21)22-2)11-18(8-3-9-19)15(20)10-13-4-6-14(17)7-5-13/h4-7,12,19H,3,8-11H2,1-2H3. The number of esters is 1. The first-order valence-electron chi connectivity index (χ1n) is 7.18. The van der Waals surface area contributed by atoms with Crippen LogP contribution in [0.3, 0.4) is 0 Å². The summed E-state index contributed by atoms with van der Waals surface area (Å²) in [5.74, 6) is -1.35. The Labute approximate surface area is 129 Å². The zero-order valence-electron chi connectivity index (χ0n) is 12.9. The highest BCUT2D eigenvalue weighted by molar-refractivity contribution is 5.80. The molecule has 0 aliphatic rings. The average Bonchev–Trinajstić information content (AvgIpc) is 2.52. The molecule has 0 saturated carbocycles. The van der Waals surface area contributed by atoms with Crippen LogP contribution in [0, 0.1) is 11.7 Å². The van der Waals surface area contributed by atoms with E-state index in [2.05, 4.69) is 4.74 Å². The average molecular weight is 311 g/mol. The van der Waals surface area contributed by atoms with E-state index in [4.69, 9.17) is 5.11 Å². The molecule has 5 nitrogen and oxygen atoms in total. The van der Waals surface area contributed by atoms with Crippen molar-refractivity contribution in [2.45, 2.75) is 19.8 Å². The minimum absolute atomic E-state index is 0.0348. The smallest absolute Gasteiger partial charge is 0.310 e. The maximum absolute atomic E-state index is 12.9. The van der Waals surface area contributed by atoms with Gasteiger partial charge in [0.1, 0.15) is 5.82 Å². The normalized spacial score (nSPS) is 11.8. The number of amides is 1. The minimum Gasteiger partial charge on any atom is -0.469 e. The van der Waals surface area contributed by atoms with Crippen molar-refractivity contribution in [3.8, 4) is 0 Å². The van der Waals surface area contributed by atoms with Gasteiger partial charge in [0, 0.05) is 19.7 Å². The SMILES string of the molecule is COC(=O)C(C)CN(CCCO)C(=O)Cc1ccc(F)cc1. The van der Waals surface area contributed by atoms with Gasteiger partial charge in [0.15, 0.2) is 0 Å². The molecule has 1 N–H and O–H groups in total. The Bertz CT molecular complexity index is 489. The summed E-state index contributed by atoms with van der Waals surface area (Å²) in [4.78, 5) is 25.4. The molecule has 1 amide bonds. The molecule has 1 unspecified atom stereocenters. The molecule has 0 radical (unpaired) electrons. The maximum Gasteiger partial charge on any atom is 0.310 e. The van der Waals surface area contributed by atoms with Gasteiger partial charge in [-0.25, -0.2) is 4.39 Å². The lowest BCUT2D eigenvalue weighted by Crippen LogP contribution is -2.39. The van der Waals surface area contributed by atoms with Gasteiger partial charge in [-0.15, -0.1) is 0 Å². The summed E-state index contributed by atoms with van der Waals surface area (Å²) >= 11 is 0. The molecule has 1 aromatic rings. The Morgan fingerprint density at radius 3 is 2.50 bits per heavy atom. The van der Waals surface area contributed by atoms with Crippen LogP contribution in [-0.4, -0.2) is 48.7 Å². The van der Waals surface area contributed by atoms with Gasteiger partial charge < -0.3 is 14.7 Å². The number of carbonyl (C=O) groups excluding carboxylic acids is 2. The van der Waals surface area contributed by atoms with Crippen molar-refractivity contribution in [2.24, 2.45) is 5.92 Å².